The lowest BCUT2D eigenvalue weighted by atomic mass is 9.53. The van der Waals surface area contributed by atoms with E-state index in [1.165, 1.54) is 18.5 Å². The van der Waals surface area contributed by atoms with E-state index >= 15 is 4.39 Å². The van der Waals surface area contributed by atoms with Gasteiger partial charge >= 0.3 is 5.97 Å². The molecule has 1 saturated heterocycles. The van der Waals surface area contributed by atoms with Crippen molar-refractivity contribution in [3.05, 3.63) is 51.8 Å². The van der Waals surface area contributed by atoms with E-state index in [9.17, 15) is 14.7 Å². The number of aliphatic carboxylic acids is 1. The number of fused-ring (bicyclic) bond motifs is 3. The Balaban J connectivity index is 1.83. The number of carbonyl (C=O) groups is 2. The van der Waals surface area contributed by atoms with Crippen LogP contribution in [0.2, 0.25) is 10.3 Å². The van der Waals surface area contributed by atoms with Crippen LogP contribution in [0.5, 0.6) is 0 Å². The van der Waals surface area contributed by atoms with Crippen LogP contribution in [-0.2, 0) is 15.0 Å². The van der Waals surface area contributed by atoms with E-state index in [-0.39, 0.29) is 21.3 Å². The molecule has 0 bridgehead atoms. The lowest BCUT2D eigenvalue weighted by Gasteiger charge is -2.50. The summed E-state index contributed by atoms with van der Waals surface area (Å²) in [6.45, 7) is 4.31. The lowest BCUT2D eigenvalue weighted by molar-refractivity contribution is -0.139. The Morgan fingerprint density at radius 3 is 2.58 bits per heavy atom. The zero-order valence-electron chi connectivity index (χ0n) is 18.1. The Kier molecular flexibility index (Phi) is 5.01. The highest BCUT2D eigenvalue weighted by molar-refractivity contribution is 6.30. The number of rotatable bonds is 2. The molecule has 5 rings (SSSR count). The van der Waals surface area contributed by atoms with E-state index in [1.54, 1.807) is 6.07 Å². The van der Waals surface area contributed by atoms with Gasteiger partial charge in [0, 0.05) is 35.1 Å². The molecule has 2 spiro atoms. The van der Waals surface area contributed by atoms with Crippen molar-refractivity contribution in [1.29, 1.82) is 0 Å². The molecule has 0 radical (unpaired) electrons. The first kappa shape index (κ1) is 22.5. The van der Waals surface area contributed by atoms with Crippen LogP contribution in [0.4, 0.5) is 10.1 Å². The van der Waals surface area contributed by atoms with Crippen LogP contribution >= 0.6 is 23.2 Å². The Morgan fingerprint density at radius 2 is 1.91 bits per heavy atom. The summed E-state index contributed by atoms with van der Waals surface area (Å²) in [4.78, 5) is 34.5. The minimum Gasteiger partial charge on any atom is -0.480 e. The van der Waals surface area contributed by atoms with Crippen molar-refractivity contribution in [2.75, 3.05) is 5.32 Å². The van der Waals surface area contributed by atoms with Gasteiger partial charge in [0.2, 0.25) is 5.91 Å². The van der Waals surface area contributed by atoms with Crippen LogP contribution in [-0.4, -0.2) is 38.5 Å². The van der Waals surface area contributed by atoms with E-state index < -0.39 is 40.6 Å². The van der Waals surface area contributed by atoms with Gasteiger partial charge in [0.25, 0.3) is 0 Å². The third kappa shape index (κ3) is 3.03. The van der Waals surface area contributed by atoms with Crippen LogP contribution in [0.15, 0.2) is 24.5 Å². The third-order valence-electron chi connectivity index (χ3n) is 7.82. The molecule has 3 atom stereocenters. The summed E-state index contributed by atoms with van der Waals surface area (Å²) in [7, 11) is 0. The molecule has 7 nitrogen and oxygen atoms in total. The summed E-state index contributed by atoms with van der Waals surface area (Å²) in [5.41, 5.74) is -1.30. The molecule has 3 N–H and O–H groups in total. The third-order valence-corrected chi connectivity index (χ3v) is 8.29. The minimum atomic E-state index is -1.43. The van der Waals surface area contributed by atoms with Crippen LogP contribution in [0, 0.1) is 11.2 Å². The molecule has 174 valence electrons. The highest BCUT2D eigenvalue weighted by atomic mass is 35.5. The maximum atomic E-state index is 15.4. The number of halogens is 3. The van der Waals surface area contributed by atoms with E-state index in [1.807, 2.05) is 0 Å². The van der Waals surface area contributed by atoms with Gasteiger partial charge in [-0.3, -0.25) is 14.9 Å². The maximum absolute atomic E-state index is 15.4. The van der Waals surface area contributed by atoms with E-state index in [0.29, 0.717) is 24.1 Å². The van der Waals surface area contributed by atoms with Crippen LogP contribution in [0.25, 0.3) is 0 Å². The summed E-state index contributed by atoms with van der Waals surface area (Å²) >= 11 is 12.1. The molecule has 2 aromatic heterocycles. The molecule has 10 heteroatoms. The Hall–Kier alpha value is -2.29. The highest BCUT2D eigenvalue weighted by Gasteiger charge is 2.73. The first-order valence-corrected chi connectivity index (χ1v) is 11.6. The van der Waals surface area contributed by atoms with Crippen molar-refractivity contribution in [2.24, 2.45) is 5.41 Å². The van der Waals surface area contributed by atoms with E-state index in [0.717, 1.165) is 12.8 Å². The smallest absolute Gasteiger partial charge is 0.321 e. The number of pyridine rings is 2. The predicted octanol–water partition coefficient (Wildman–Crippen LogP) is 4.29. The molecule has 1 amide bonds. The van der Waals surface area contributed by atoms with Crippen molar-refractivity contribution in [2.45, 2.75) is 62.4 Å². The van der Waals surface area contributed by atoms with Gasteiger partial charge in [0.1, 0.15) is 16.6 Å². The van der Waals surface area contributed by atoms with Gasteiger partial charge in [-0.1, -0.05) is 37.0 Å². The minimum absolute atomic E-state index is 0.0340. The average Bonchev–Trinajstić information content (AvgIpc) is 3.20. The average molecular weight is 493 g/mol. The number of nitrogens with zero attached hydrogens (tertiary/aromatic N) is 2. The SMILES string of the molecule is CC1(C)CCC2(CC1)N[C@@H](C(=O)O)[C@H](c1ccnc(Cl)c1F)C21C(=O)Nc2cc(Cl)ncc21. The molecule has 0 aromatic carbocycles. The molecule has 2 aliphatic heterocycles. The molecular weight excluding hydrogens is 470 g/mol. The van der Waals surface area contributed by atoms with Crippen molar-refractivity contribution in [3.63, 3.8) is 0 Å². The van der Waals surface area contributed by atoms with Gasteiger partial charge in [0.05, 0.1) is 0 Å². The quantitative estimate of drug-likeness (QED) is 0.540. The summed E-state index contributed by atoms with van der Waals surface area (Å²) in [5.74, 6) is -3.47. The van der Waals surface area contributed by atoms with Crippen LogP contribution < -0.4 is 10.6 Å². The number of amides is 1. The number of hydrogen-bond donors (Lipinski definition) is 3. The lowest BCUT2D eigenvalue weighted by Crippen LogP contribution is -2.61. The Morgan fingerprint density at radius 1 is 1.21 bits per heavy atom. The monoisotopic (exact) mass is 492 g/mol. The predicted molar refractivity (Wildman–Crippen MR) is 121 cm³/mol. The number of hydrogen-bond acceptors (Lipinski definition) is 5. The van der Waals surface area contributed by atoms with E-state index in [2.05, 4.69) is 34.4 Å². The van der Waals surface area contributed by atoms with Gasteiger partial charge in [-0.05, 0) is 48.8 Å². The molecule has 1 aliphatic carbocycles. The van der Waals surface area contributed by atoms with Gasteiger partial charge < -0.3 is 10.4 Å². The molecular formula is C23H23Cl2FN4O3. The number of anilines is 1. The number of aromatic nitrogens is 2. The first-order valence-electron chi connectivity index (χ1n) is 10.8. The zero-order valence-corrected chi connectivity index (χ0v) is 19.6. The maximum Gasteiger partial charge on any atom is 0.321 e. The second-order valence-corrected chi connectivity index (χ2v) is 10.7. The molecule has 1 unspecified atom stereocenters. The second-order valence-electron chi connectivity index (χ2n) is 10.0. The fourth-order valence-corrected chi connectivity index (χ4v) is 6.52. The van der Waals surface area contributed by atoms with Gasteiger partial charge in [-0.15, -0.1) is 0 Å². The summed E-state index contributed by atoms with van der Waals surface area (Å²) < 4.78 is 15.4. The molecule has 2 aromatic rings. The number of carboxylic acid groups (broad SMARTS) is 1. The molecule has 2 fully saturated rings. The normalized spacial score (nSPS) is 29.3. The summed E-state index contributed by atoms with van der Waals surface area (Å²) in [6, 6.07) is 1.73. The Bertz CT molecular complexity index is 1180. The van der Waals surface area contributed by atoms with E-state index in [4.69, 9.17) is 23.2 Å². The first-order chi connectivity index (χ1) is 15.5. The van der Waals surface area contributed by atoms with Gasteiger partial charge in [-0.25, -0.2) is 14.4 Å². The largest absolute Gasteiger partial charge is 0.480 e. The fraction of sp³-hybridized carbons (Fsp3) is 0.478. The van der Waals surface area contributed by atoms with Gasteiger partial charge in [0.15, 0.2) is 11.0 Å². The zero-order chi connectivity index (χ0) is 23.8. The number of carbonyl (C=O) groups excluding carboxylic acids is 1. The number of nitrogens with one attached hydrogen (secondary N) is 2. The molecule has 1 saturated carbocycles. The Labute approximate surface area is 200 Å². The van der Waals surface area contributed by atoms with Crippen molar-refractivity contribution in [3.8, 4) is 0 Å². The second kappa shape index (κ2) is 7.35. The summed E-state index contributed by atoms with van der Waals surface area (Å²) in [6.07, 6.45) is 5.45. The van der Waals surface area contributed by atoms with Crippen molar-refractivity contribution >= 4 is 40.8 Å². The fourth-order valence-electron chi connectivity index (χ4n) is 6.20. The van der Waals surface area contributed by atoms with Gasteiger partial charge in [-0.2, -0.15) is 0 Å². The topological polar surface area (TPSA) is 104 Å². The number of carboxylic acids is 1. The highest BCUT2D eigenvalue weighted by Crippen LogP contribution is 2.63. The standard InChI is InChI=1S/C23H23Cl2FN4O3/c1-21(2)4-6-22(7-5-21)23(12-10-28-14(24)9-13(12)29-20(23)33)15(17(30-22)19(31)32)11-3-8-27-18(25)16(11)26/h3,8-10,15,17,30H,4-7H2,1-2H3,(H,29,33)(H,31,32)/t15-,17+,23?/m0/s1. The van der Waals surface area contributed by atoms with Crippen LogP contribution in [0.3, 0.4) is 0 Å². The van der Waals surface area contributed by atoms with Crippen molar-refractivity contribution in [1.82, 2.24) is 15.3 Å². The summed E-state index contributed by atoms with van der Waals surface area (Å²) in [5, 5.41) is 16.3. The van der Waals surface area contributed by atoms with Crippen molar-refractivity contribution < 1.29 is 19.1 Å². The molecule has 33 heavy (non-hydrogen) atoms. The van der Waals surface area contributed by atoms with Crippen LogP contribution in [0.1, 0.15) is 56.6 Å². The molecule has 4 heterocycles. The molecule has 3 aliphatic rings.